The lowest BCUT2D eigenvalue weighted by Crippen LogP contribution is -2.69. The molecule has 0 bridgehead atoms. The average Bonchev–Trinajstić information content (AvgIpc) is 3.19. The molecule has 1 saturated carbocycles. The van der Waals surface area contributed by atoms with Crippen LogP contribution in [0.15, 0.2) is 12.7 Å². The van der Waals surface area contributed by atoms with E-state index in [0.717, 1.165) is 12.8 Å². The maximum atomic E-state index is 13.1. The van der Waals surface area contributed by atoms with Crippen molar-refractivity contribution in [2.45, 2.75) is 95.8 Å². The lowest BCUT2D eigenvalue weighted by atomic mass is 9.77. The zero-order valence-electron chi connectivity index (χ0n) is 20.8. The highest BCUT2D eigenvalue weighted by molar-refractivity contribution is 8.14. The van der Waals surface area contributed by atoms with Gasteiger partial charge in [0, 0.05) is 11.2 Å². The summed E-state index contributed by atoms with van der Waals surface area (Å²) in [7, 11) is -2.10. The molecule has 2 aliphatic rings. The number of esters is 1. The molecule has 6 nitrogen and oxygen atoms in total. The van der Waals surface area contributed by atoms with Crippen molar-refractivity contribution < 1.29 is 23.5 Å². The Labute approximate surface area is 199 Å². The summed E-state index contributed by atoms with van der Waals surface area (Å²) in [6.07, 6.45) is 5.65. The summed E-state index contributed by atoms with van der Waals surface area (Å²) in [5.74, 6) is -1.43. The zero-order chi connectivity index (χ0) is 24.3. The average molecular weight is 484 g/mol. The van der Waals surface area contributed by atoms with Gasteiger partial charge in [-0.25, -0.2) is 0 Å². The SMILES string of the molecule is C=CCOC(=O)CN1C(=O)[C@H]([C@@H](C)O[Si](C)(C)C(C)(C)C)[C@H]1[C@@H](C)C(=O)SC1CCCC1. The Morgan fingerprint density at radius 2 is 1.84 bits per heavy atom. The molecule has 0 aromatic carbocycles. The highest BCUT2D eigenvalue weighted by atomic mass is 32.2. The normalized spacial score (nSPS) is 24.1. The van der Waals surface area contributed by atoms with Crippen molar-refractivity contribution in [3.63, 3.8) is 0 Å². The summed E-state index contributed by atoms with van der Waals surface area (Å²) < 4.78 is 11.6. The van der Waals surface area contributed by atoms with Gasteiger partial charge in [-0.05, 0) is 37.9 Å². The van der Waals surface area contributed by atoms with Crippen molar-refractivity contribution in [1.82, 2.24) is 4.90 Å². The molecule has 4 atom stereocenters. The van der Waals surface area contributed by atoms with E-state index in [1.54, 1.807) is 0 Å². The van der Waals surface area contributed by atoms with Gasteiger partial charge >= 0.3 is 5.97 Å². The Kier molecular flexibility index (Phi) is 9.21. The Hall–Kier alpha value is -1.12. The van der Waals surface area contributed by atoms with Gasteiger partial charge in [-0.3, -0.25) is 14.4 Å². The summed E-state index contributed by atoms with van der Waals surface area (Å²) in [6.45, 7) is 18.1. The molecular weight excluding hydrogens is 442 g/mol. The molecule has 32 heavy (non-hydrogen) atoms. The van der Waals surface area contributed by atoms with Gasteiger partial charge in [0.05, 0.1) is 18.1 Å². The number of carbonyl (C=O) groups excluding carboxylic acids is 3. The van der Waals surface area contributed by atoms with Gasteiger partial charge in [0.2, 0.25) is 5.91 Å². The highest BCUT2D eigenvalue weighted by Gasteiger charge is 2.56. The van der Waals surface area contributed by atoms with Crippen LogP contribution in [0.5, 0.6) is 0 Å². The second kappa shape index (κ2) is 10.9. The predicted molar refractivity (Wildman–Crippen MR) is 132 cm³/mol. The maximum Gasteiger partial charge on any atom is 0.325 e. The molecule has 0 aromatic heterocycles. The first kappa shape index (κ1) is 27.1. The molecular formula is C24H41NO5SSi. The standard InChI is InChI=1S/C24H41NO5SSi/c1-9-14-29-19(26)15-25-21(16(2)23(28)31-18-12-10-11-13-18)20(22(25)27)17(3)30-32(7,8)24(4,5)6/h9,16-18,20-21H,1,10-15H2,2-8H3/t16-,17-,20-,21-/m1/s1. The molecule has 0 aromatic rings. The highest BCUT2D eigenvalue weighted by Crippen LogP contribution is 2.43. The number of nitrogens with zero attached hydrogens (tertiary/aromatic N) is 1. The number of rotatable bonds is 10. The number of carbonyl (C=O) groups is 3. The number of hydrogen-bond donors (Lipinski definition) is 0. The Balaban J connectivity index is 2.18. The minimum Gasteiger partial charge on any atom is -0.460 e. The van der Waals surface area contributed by atoms with E-state index in [1.807, 2.05) is 13.8 Å². The fraction of sp³-hybridized carbons (Fsp3) is 0.792. The minimum atomic E-state index is -2.10. The number of β-lactam (4-membered cyclic amide) rings is 1. The fourth-order valence-corrected chi connectivity index (χ4v) is 6.99. The molecule has 182 valence electrons. The lowest BCUT2D eigenvalue weighted by molar-refractivity contribution is -0.174. The van der Waals surface area contributed by atoms with E-state index in [2.05, 4.69) is 40.4 Å². The smallest absolute Gasteiger partial charge is 0.325 e. The first-order valence-corrected chi connectivity index (χ1v) is 15.5. The number of thioether (sulfide) groups is 1. The summed E-state index contributed by atoms with van der Waals surface area (Å²) in [5.41, 5.74) is 0. The van der Waals surface area contributed by atoms with Crippen molar-refractivity contribution in [3.05, 3.63) is 12.7 Å². The van der Waals surface area contributed by atoms with E-state index in [1.165, 1.54) is 35.6 Å². The summed E-state index contributed by atoms with van der Waals surface area (Å²) in [5, 5.41) is 0.479. The van der Waals surface area contributed by atoms with Crippen molar-refractivity contribution in [2.24, 2.45) is 11.8 Å². The molecule has 0 spiro atoms. The van der Waals surface area contributed by atoms with Crippen molar-refractivity contribution in [1.29, 1.82) is 0 Å². The molecule has 2 fully saturated rings. The largest absolute Gasteiger partial charge is 0.460 e. The molecule has 1 heterocycles. The maximum absolute atomic E-state index is 13.1. The van der Waals surface area contributed by atoms with Crippen LogP contribution in [0, 0.1) is 11.8 Å². The fourth-order valence-electron chi connectivity index (χ4n) is 4.31. The Morgan fingerprint density at radius 3 is 2.38 bits per heavy atom. The van der Waals surface area contributed by atoms with Gasteiger partial charge in [-0.2, -0.15) is 0 Å². The van der Waals surface area contributed by atoms with Crippen LogP contribution < -0.4 is 0 Å². The number of hydrogen-bond acceptors (Lipinski definition) is 6. The van der Waals surface area contributed by atoms with Gasteiger partial charge in [0.15, 0.2) is 13.4 Å². The van der Waals surface area contributed by atoms with Crippen molar-refractivity contribution >= 4 is 37.1 Å². The molecule has 1 saturated heterocycles. The van der Waals surface area contributed by atoms with Crippen LogP contribution in [0.3, 0.4) is 0 Å². The molecule has 0 N–H and O–H groups in total. The van der Waals surface area contributed by atoms with Gasteiger partial charge in [0.25, 0.3) is 0 Å². The topological polar surface area (TPSA) is 72.9 Å². The van der Waals surface area contributed by atoms with Crippen LogP contribution in [0.4, 0.5) is 0 Å². The summed E-state index contributed by atoms with van der Waals surface area (Å²) in [4.78, 5) is 40.0. The molecule has 1 amide bonds. The molecule has 2 rings (SSSR count). The van der Waals surface area contributed by atoms with E-state index in [0.29, 0.717) is 5.25 Å². The molecule has 0 unspecified atom stereocenters. The third kappa shape index (κ3) is 6.26. The third-order valence-corrected chi connectivity index (χ3v) is 13.2. The quantitative estimate of drug-likeness (QED) is 0.192. The van der Waals surface area contributed by atoms with Gasteiger partial charge < -0.3 is 14.1 Å². The first-order chi connectivity index (χ1) is 14.8. The van der Waals surface area contributed by atoms with Crippen LogP contribution >= 0.6 is 11.8 Å². The molecule has 1 aliphatic heterocycles. The van der Waals surface area contributed by atoms with Gasteiger partial charge in [-0.1, -0.05) is 65.0 Å². The molecule has 1 aliphatic carbocycles. The minimum absolute atomic E-state index is 0.0114. The van der Waals surface area contributed by atoms with E-state index < -0.39 is 20.2 Å². The van der Waals surface area contributed by atoms with Gasteiger partial charge in [0.1, 0.15) is 13.2 Å². The zero-order valence-corrected chi connectivity index (χ0v) is 22.6. The third-order valence-electron chi connectivity index (χ3n) is 7.22. The Bertz CT molecular complexity index is 714. The first-order valence-electron chi connectivity index (χ1n) is 11.8. The van der Waals surface area contributed by atoms with Crippen LogP contribution in [0.1, 0.15) is 60.3 Å². The second-order valence-corrected chi connectivity index (χ2v) is 16.7. The van der Waals surface area contributed by atoms with Crippen LogP contribution in [-0.4, -0.2) is 60.8 Å². The molecule has 0 radical (unpaired) electrons. The van der Waals surface area contributed by atoms with Crippen molar-refractivity contribution in [2.75, 3.05) is 13.2 Å². The summed E-state index contributed by atoms with van der Waals surface area (Å²) >= 11 is 1.42. The van der Waals surface area contributed by atoms with Crippen molar-refractivity contribution in [3.8, 4) is 0 Å². The predicted octanol–water partition coefficient (Wildman–Crippen LogP) is 4.79. The van der Waals surface area contributed by atoms with Crippen LogP contribution in [-0.2, 0) is 23.5 Å². The van der Waals surface area contributed by atoms with E-state index in [4.69, 9.17) is 9.16 Å². The summed E-state index contributed by atoms with van der Waals surface area (Å²) in [6, 6.07) is -0.361. The van der Waals surface area contributed by atoms with E-state index in [9.17, 15) is 14.4 Å². The molecule has 8 heteroatoms. The lowest BCUT2D eigenvalue weighted by Gasteiger charge is -2.52. The second-order valence-electron chi connectivity index (χ2n) is 10.7. The van der Waals surface area contributed by atoms with Crippen LogP contribution in [0.25, 0.3) is 0 Å². The monoisotopic (exact) mass is 483 g/mol. The number of amides is 1. The Morgan fingerprint density at radius 1 is 1.25 bits per heavy atom. The van der Waals surface area contributed by atoms with Crippen LogP contribution in [0.2, 0.25) is 18.1 Å². The van der Waals surface area contributed by atoms with Gasteiger partial charge in [-0.15, -0.1) is 0 Å². The number of ether oxygens (including phenoxy) is 1. The van der Waals surface area contributed by atoms with E-state index >= 15 is 0 Å². The van der Waals surface area contributed by atoms with E-state index in [-0.39, 0.29) is 47.3 Å². The number of likely N-dealkylation sites (tertiary alicyclic amines) is 1.